The summed E-state index contributed by atoms with van der Waals surface area (Å²) >= 11 is 7.40. The van der Waals surface area contributed by atoms with Crippen molar-refractivity contribution in [2.45, 2.75) is 11.0 Å². The summed E-state index contributed by atoms with van der Waals surface area (Å²) < 4.78 is 5.32. The summed E-state index contributed by atoms with van der Waals surface area (Å²) in [6.07, 6.45) is -0.598. The molecule has 1 heterocycles. The highest BCUT2D eigenvalue weighted by molar-refractivity contribution is 7.99. The number of aliphatic hydroxyl groups excluding tert-OH is 1. The number of rotatable bonds is 9. The molecule has 0 fully saturated rings. The van der Waals surface area contributed by atoms with Gasteiger partial charge in [-0.25, -0.2) is 0 Å². The maximum Gasteiger partial charge on any atom is 0.233 e. The first-order chi connectivity index (χ1) is 10.7. The Kier molecular flexibility index (Phi) is 7.45. The number of hydrogen-bond acceptors (Lipinski definition) is 6. The fourth-order valence-electron chi connectivity index (χ4n) is 1.65. The van der Waals surface area contributed by atoms with Crippen LogP contribution in [0.4, 0.5) is 0 Å². The molecular weight excluding hydrogens is 322 g/mol. The van der Waals surface area contributed by atoms with Crippen molar-refractivity contribution in [2.24, 2.45) is 0 Å². The van der Waals surface area contributed by atoms with Crippen molar-refractivity contribution < 1.29 is 9.84 Å². The standard InChI is InChI=1S/C15H18ClN3O2S/c16-14-6-7-15(19-18-14)21-11-12(20)10-17-8-9-22-13-4-2-1-3-5-13/h1-7,12,17,20H,8-11H2. The van der Waals surface area contributed by atoms with Crippen LogP contribution in [0.3, 0.4) is 0 Å². The molecule has 0 saturated heterocycles. The molecule has 2 rings (SSSR count). The molecule has 2 N–H and O–H groups in total. The van der Waals surface area contributed by atoms with E-state index in [2.05, 4.69) is 27.6 Å². The van der Waals surface area contributed by atoms with Gasteiger partial charge in [-0.3, -0.25) is 0 Å². The number of nitrogens with one attached hydrogen (secondary N) is 1. The van der Waals surface area contributed by atoms with E-state index in [1.54, 1.807) is 23.9 Å². The molecule has 0 aliphatic rings. The summed E-state index contributed by atoms with van der Waals surface area (Å²) in [6, 6.07) is 13.4. The molecule has 0 saturated carbocycles. The highest BCUT2D eigenvalue weighted by atomic mass is 35.5. The summed E-state index contributed by atoms with van der Waals surface area (Å²) in [7, 11) is 0. The maximum atomic E-state index is 9.81. The Labute approximate surface area is 139 Å². The van der Waals surface area contributed by atoms with Crippen LogP contribution in [0.25, 0.3) is 0 Å². The van der Waals surface area contributed by atoms with Gasteiger partial charge in [0.1, 0.15) is 12.7 Å². The molecule has 2 aromatic rings. The van der Waals surface area contributed by atoms with Gasteiger partial charge in [-0.05, 0) is 18.2 Å². The van der Waals surface area contributed by atoms with Crippen LogP contribution in [-0.2, 0) is 0 Å². The minimum atomic E-state index is -0.598. The Morgan fingerprint density at radius 1 is 1.18 bits per heavy atom. The second-order valence-corrected chi connectivity index (χ2v) is 6.08. The van der Waals surface area contributed by atoms with E-state index in [1.807, 2.05) is 18.2 Å². The lowest BCUT2D eigenvalue weighted by Crippen LogP contribution is -2.32. The van der Waals surface area contributed by atoms with Gasteiger partial charge in [0.2, 0.25) is 5.88 Å². The van der Waals surface area contributed by atoms with Gasteiger partial charge in [0, 0.05) is 29.8 Å². The second-order valence-electron chi connectivity index (χ2n) is 4.52. The number of halogens is 1. The molecule has 0 spiro atoms. The Hall–Kier alpha value is -1.34. The molecule has 1 aromatic heterocycles. The van der Waals surface area contributed by atoms with E-state index in [1.165, 1.54) is 4.90 Å². The Morgan fingerprint density at radius 2 is 2.00 bits per heavy atom. The van der Waals surface area contributed by atoms with Gasteiger partial charge in [0.25, 0.3) is 0 Å². The molecule has 0 aliphatic heterocycles. The summed E-state index contributed by atoms with van der Waals surface area (Å²) in [6.45, 7) is 1.45. The third kappa shape index (κ3) is 6.62. The number of thioether (sulfide) groups is 1. The Balaban J connectivity index is 1.54. The zero-order valence-electron chi connectivity index (χ0n) is 12.0. The van der Waals surface area contributed by atoms with Crippen molar-refractivity contribution in [3.8, 4) is 5.88 Å². The quantitative estimate of drug-likeness (QED) is 0.539. The minimum Gasteiger partial charge on any atom is -0.474 e. The molecule has 1 aromatic carbocycles. The van der Waals surface area contributed by atoms with E-state index in [-0.39, 0.29) is 6.61 Å². The van der Waals surface area contributed by atoms with E-state index in [0.29, 0.717) is 17.6 Å². The molecule has 22 heavy (non-hydrogen) atoms. The minimum absolute atomic E-state index is 0.162. The van der Waals surface area contributed by atoms with Gasteiger partial charge >= 0.3 is 0 Å². The van der Waals surface area contributed by atoms with E-state index in [9.17, 15) is 5.11 Å². The number of benzene rings is 1. The molecule has 0 radical (unpaired) electrons. The normalized spacial score (nSPS) is 12.1. The van der Waals surface area contributed by atoms with Gasteiger partial charge < -0.3 is 15.2 Å². The number of nitrogens with zero attached hydrogens (tertiary/aromatic N) is 2. The molecule has 118 valence electrons. The van der Waals surface area contributed by atoms with Crippen LogP contribution in [0.5, 0.6) is 5.88 Å². The predicted molar refractivity (Wildman–Crippen MR) is 88.6 cm³/mol. The largest absolute Gasteiger partial charge is 0.474 e. The van der Waals surface area contributed by atoms with Gasteiger partial charge in [0.05, 0.1) is 0 Å². The third-order valence-electron chi connectivity index (χ3n) is 2.70. The lowest BCUT2D eigenvalue weighted by atomic mass is 10.4. The summed E-state index contributed by atoms with van der Waals surface area (Å²) in [5.41, 5.74) is 0. The second kappa shape index (κ2) is 9.63. The third-order valence-corrected chi connectivity index (χ3v) is 3.92. The molecule has 5 nitrogen and oxygen atoms in total. The topological polar surface area (TPSA) is 67.3 Å². The van der Waals surface area contributed by atoms with Crippen LogP contribution in [0.15, 0.2) is 47.4 Å². The van der Waals surface area contributed by atoms with Crippen LogP contribution in [-0.4, -0.2) is 46.9 Å². The molecule has 1 unspecified atom stereocenters. The number of aromatic nitrogens is 2. The predicted octanol–water partition coefficient (Wildman–Crippen LogP) is 2.25. The van der Waals surface area contributed by atoms with Crippen molar-refractivity contribution in [1.29, 1.82) is 0 Å². The zero-order chi connectivity index (χ0) is 15.6. The first-order valence-corrected chi connectivity index (χ1v) is 8.29. The van der Waals surface area contributed by atoms with E-state index >= 15 is 0 Å². The Morgan fingerprint density at radius 3 is 2.73 bits per heavy atom. The summed E-state index contributed by atoms with van der Waals surface area (Å²) in [4.78, 5) is 1.24. The maximum absolute atomic E-state index is 9.81. The fourth-order valence-corrected chi connectivity index (χ4v) is 2.58. The first-order valence-electron chi connectivity index (χ1n) is 6.92. The van der Waals surface area contributed by atoms with Crippen molar-refractivity contribution in [3.63, 3.8) is 0 Å². The van der Waals surface area contributed by atoms with Crippen LogP contribution < -0.4 is 10.1 Å². The van der Waals surface area contributed by atoms with Crippen LogP contribution in [0, 0.1) is 0 Å². The molecule has 0 aliphatic carbocycles. The van der Waals surface area contributed by atoms with E-state index in [0.717, 1.165) is 12.3 Å². The van der Waals surface area contributed by atoms with E-state index in [4.69, 9.17) is 16.3 Å². The molecule has 0 amide bonds. The van der Waals surface area contributed by atoms with Crippen LogP contribution in [0.2, 0.25) is 5.15 Å². The molecular formula is C15H18ClN3O2S. The molecule has 7 heteroatoms. The average Bonchev–Trinajstić information content (AvgIpc) is 2.55. The summed E-state index contributed by atoms with van der Waals surface area (Å²) in [5, 5.41) is 20.7. The number of ether oxygens (including phenoxy) is 1. The van der Waals surface area contributed by atoms with Crippen LogP contribution >= 0.6 is 23.4 Å². The molecule has 0 bridgehead atoms. The fraction of sp³-hybridized carbons (Fsp3) is 0.333. The number of aliphatic hydroxyl groups is 1. The SMILES string of the molecule is OC(CNCCSc1ccccc1)COc1ccc(Cl)nn1. The van der Waals surface area contributed by atoms with Crippen molar-refractivity contribution in [1.82, 2.24) is 15.5 Å². The van der Waals surface area contributed by atoms with Gasteiger partial charge in [-0.1, -0.05) is 29.8 Å². The Bertz CT molecular complexity index is 542. The van der Waals surface area contributed by atoms with Gasteiger partial charge in [-0.2, -0.15) is 0 Å². The first kappa shape index (κ1) is 17.0. The van der Waals surface area contributed by atoms with Crippen molar-refractivity contribution in [2.75, 3.05) is 25.4 Å². The van der Waals surface area contributed by atoms with Gasteiger partial charge in [0.15, 0.2) is 5.15 Å². The lowest BCUT2D eigenvalue weighted by Gasteiger charge is -2.12. The van der Waals surface area contributed by atoms with Crippen LogP contribution in [0.1, 0.15) is 0 Å². The average molecular weight is 340 g/mol. The van der Waals surface area contributed by atoms with Crippen molar-refractivity contribution in [3.05, 3.63) is 47.6 Å². The highest BCUT2D eigenvalue weighted by Gasteiger charge is 2.05. The zero-order valence-corrected chi connectivity index (χ0v) is 13.6. The highest BCUT2D eigenvalue weighted by Crippen LogP contribution is 2.15. The van der Waals surface area contributed by atoms with Crippen molar-refractivity contribution >= 4 is 23.4 Å². The molecule has 1 atom stereocenters. The monoisotopic (exact) mass is 339 g/mol. The smallest absolute Gasteiger partial charge is 0.233 e. The van der Waals surface area contributed by atoms with E-state index < -0.39 is 6.10 Å². The summed E-state index contributed by atoms with van der Waals surface area (Å²) in [5.74, 6) is 1.29. The van der Waals surface area contributed by atoms with Gasteiger partial charge in [-0.15, -0.1) is 22.0 Å². The number of hydrogen-bond donors (Lipinski definition) is 2. The lowest BCUT2D eigenvalue weighted by molar-refractivity contribution is 0.104.